The normalized spacial score (nSPS) is 26.4. The summed E-state index contributed by atoms with van der Waals surface area (Å²) in [5.41, 5.74) is 2.11. The number of Topliss-reactive ketones (excluding diaryl/α,β-unsaturated/α-hetero) is 1. The maximum atomic E-state index is 13.5. The zero-order chi connectivity index (χ0) is 19.9. The fourth-order valence-corrected chi connectivity index (χ4v) is 6.25. The van der Waals surface area contributed by atoms with Crippen molar-refractivity contribution in [3.8, 4) is 0 Å². The molecule has 2 fully saturated rings. The van der Waals surface area contributed by atoms with Gasteiger partial charge in [-0.2, -0.15) is 4.31 Å². The molecule has 2 heterocycles. The molecule has 0 spiro atoms. The van der Waals surface area contributed by atoms with E-state index in [1.165, 1.54) is 0 Å². The molecule has 6 heteroatoms. The highest BCUT2D eigenvalue weighted by Gasteiger charge is 2.52. The van der Waals surface area contributed by atoms with E-state index in [2.05, 4.69) is 4.90 Å². The number of nitrogens with zero attached hydrogens (tertiary/aromatic N) is 2. The second-order valence-corrected chi connectivity index (χ2v) is 9.83. The number of likely N-dealkylation sites (tertiary alicyclic amines) is 1. The lowest BCUT2D eigenvalue weighted by atomic mass is 9.86. The van der Waals surface area contributed by atoms with Crippen molar-refractivity contribution in [3.63, 3.8) is 0 Å². The van der Waals surface area contributed by atoms with E-state index < -0.39 is 10.0 Å². The van der Waals surface area contributed by atoms with E-state index in [4.69, 9.17) is 0 Å². The van der Waals surface area contributed by atoms with Crippen LogP contribution >= 0.6 is 0 Å². The van der Waals surface area contributed by atoms with Crippen LogP contribution in [-0.4, -0.2) is 55.6 Å². The van der Waals surface area contributed by atoms with Gasteiger partial charge in [-0.05, 0) is 38.1 Å². The van der Waals surface area contributed by atoms with Gasteiger partial charge in [0.1, 0.15) is 5.78 Å². The molecule has 2 aliphatic rings. The predicted octanol–water partition coefficient (Wildman–Crippen LogP) is 2.50. The zero-order valence-electron chi connectivity index (χ0n) is 16.3. The summed E-state index contributed by atoms with van der Waals surface area (Å²) >= 11 is 0. The molecule has 1 unspecified atom stereocenters. The first-order valence-corrected chi connectivity index (χ1v) is 11.2. The number of aryl methyl sites for hydroxylation is 1. The SMILES string of the molecule is Cc1ccc(S(=O)(=O)N2C[C@@H]3C(=O)CCN(C)[C@@H]3C2Cc2ccccc2)cc1. The summed E-state index contributed by atoms with van der Waals surface area (Å²) in [5.74, 6) is -0.0737. The molecule has 5 nitrogen and oxygen atoms in total. The van der Waals surface area contributed by atoms with Crippen LogP contribution in [0.2, 0.25) is 0 Å². The zero-order valence-corrected chi connectivity index (χ0v) is 17.1. The van der Waals surface area contributed by atoms with Crippen LogP contribution in [0.3, 0.4) is 0 Å². The van der Waals surface area contributed by atoms with Crippen LogP contribution in [0.15, 0.2) is 59.5 Å². The molecule has 2 aromatic carbocycles. The minimum Gasteiger partial charge on any atom is -0.301 e. The highest BCUT2D eigenvalue weighted by atomic mass is 32.2. The van der Waals surface area contributed by atoms with Crippen molar-refractivity contribution >= 4 is 15.8 Å². The molecule has 0 bridgehead atoms. The first-order chi connectivity index (χ1) is 13.4. The third kappa shape index (κ3) is 3.41. The van der Waals surface area contributed by atoms with Crippen molar-refractivity contribution in [2.24, 2.45) is 5.92 Å². The number of likely N-dealkylation sites (N-methyl/N-ethyl adjacent to an activating group) is 1. The number of carbonyl (C=O) groups is 1. The Kier molecular flexibility index (Phi) is 5.12. The highest BCUT2D eigenvalue weighted by Crippen LogP contribution is 2.37. The summed E-state index contributed by atoms with van der Waals surface area (Å²) < 4.78 is 28.6. The Morgan fingerprint density at radius 2 is 1.71 bits per heavy atom. The van der Waals surface area contributed by atoms with Gasteiger partial charge < -0.3 is 4.90 Å². The number of carbonyl (C=O) groups excluding carboxylic acids is 1. The van der Waals surface area contributed by atoms with Gasteiger partial charge in [0.2, 0.25) is 10.0 Å². The number of hydrogen-bond donors (Lipinski definition) is 0. The van der Waals surface area contributed by atoms with E-state index in [9.17, 15) is 13.2 Å². The number of ketones is 1. The van der Waals surface area contributed by atoms with Crippen molar-refractivity contribution in [2.75, 3.05) is 20.1 Å². The van der Waals surface area contributed by atoms with Crippen LogP contribution < -0.4 is 0 Å². The van der Waals surface area contributed by atoms with E-state index >= 15 is 0 Å². The lowest BCUT2D eigenvalue weighted by Gasteiger charge is -2.37. The Morgan fingerprint density at radius 1 is 1.04 bits per heavy atom. The maximum Gasteiger partial charge on any atom is 0.243 e. The van der Waals surface area contributed by atoms with Gasteiger partial charge in [-0.3, -0.25) is 4.79 Å². The van der Waals surface area contributed by atoms with Gasteiger partial charge in [0.25, 0.3) is 0 Å². The molecule has 2 saturated heterocycles. The largest absolute Gasteiger partial charge is 0.301 e. The van der Waals surface area contributed by atoms with Crippen LogP contribution in [0.4, 0.5) is 0 Å². The molecule has 0 radical (unpaired) electrons. The number of rotatable bonds is 4. The van der Waals surface area contributed by atoms with Gasteiger partial charge in [0, 0.05) is 37.5 Å². The minimum absolute atomic E-state index is 0.0818. The van der Waals surface area contributed by atoms with Crippen molar-refractivity contribution in [1.82, 2.24) is 9.21 Å². The summed E-state index contributed by atoms with van der Waals surface area (Å²) in [5, 5.41) is 0. The average molecular weight is 399 g/mol. The second kappa shape index (κ2) is 7.43. The van der Waals surface area contributed by atoms with Crippen LogP contribution in [0.1, 0.15) is 17.5 Å². The molecule has 0 saturated carbocycles. The molecular formula is C22H26N2O3S. The number of sulfonamides is 1. The van der Waals surface area contributed by atoms with Gasteiger partial charge in [-0.15, -0.1) is 0 Å². The standard InChI is InChI=1S/C22H26N2O3S/c1-16-8-10-18(11-9-16)28(26,27)24-15-19-21(25)12-13-23(2)22(19)20(24)14-17-6-4-3-5-7-17/h3-11,19-20,22H,12-15H2,1-2H3/t19-,20?,22+/m1/s1. The fourth-order valence-electron chi connectivity index (χ4n) is 4.59. The molecule has 28 heavy (non-hydrogen) atoms. The highest BCUT2D eigenvalue weighted by molar-refractivity contribution is 7.89. The monoisotopic (exact) mass is 398 g/mol. The summed E-state index contributed by atoms with van der Waals surface area (Å²) in [7, 11) is -1.67. The molecular weight excluding hydrogens is 372 g/mol. The lowest BCUT2D eigenvalue weighted by molar-refractivity contribution is -0.127. The summed E-state index contributed by atoms with van der Waals surface area (Å²) in [6.45, 7) is 2.89. The molecule has 0 N–H and O–H groups in total. The van der Waals surface area contributed by atoms with Crippen LogP contribution in [-0.2, 0) is 21.2 Å². The van der Waals surface area contributed by atoms with Gasteiger partial charge in [0.15, 0.2) is 0 Å². The Morgan fingerprint density at radius 3 is 2.39 bits per heavy atom. The van der Waals surface area contributed by atoms with Crippen LogP contribution in [0, 0.1) is 12.8 Å². The van der Waals surface area contributed by atoms with Crippen molar-refractivity contribution in [2.45, 2.75) is 36.7 Å². The Balaban J connectivity index is 1.75. The predicted molar refractivity (Wildman–Crippen MR) is 109 cm³/mol. The third-order valence-electron chi connectivity index (χ3n) is 6.10. The number of fused-ring (bicyclic) bond motifs is 1. The molecule has 3 atom stereocenters. The molecule has 0 amide bonds. The molecule has 4 rings (SSSR count). The van der Waals surface area contributed by atoms with E-state index in [0.717, 1.165) is 11.1 Å². The molecule has 2 aliphatic heterocycles. The number of benzene rings is 2. The van der Waals surface area contributed by atoms with E-state index in [0.29, 0.717) is 24.3 Å². The molecule has 0 aliphatic carbocycles. The van der Waals surface area contributed by atoms with Crippen LogP contribution in [0.25, 0.3) is 0 Å². The second-order valence-electron chi connectivity index (χ2n) is 7.94. The van der Waals surface area contributed by atoms with Gasteiger partial charge in [-0.1, -0.05) is 48.0 Å². The molecule has 2 aromatic rings. The molecule has 0 aromatic heterocycles. The summed E-state index contributed by atoms with van der Waals surface area (Å²) in [4.78, 5) is 15.1. The van der Waals surface area contributed by atoms with E-state index in [-0.39, 0.29) is 30.3 Å². The van der Waals surface area contributed by atoms with Gasteiger partial charge in [0.05, 0.1) is 4.90 Å². The third-order valence-corrected chi connectivity index (χ3v) is 8.01. The fraction of sp³-hybridized carbons (Fsp3) is 0.409. The van der Waals surface area contributed by atoms with Crippen LogP contribution in [0.5, 0.6) is 0 Å². The minimum atomic E-state index is -3.68. The smallest absolute Gasteiger partial charge is 0.243 e. The van der Waals surface area contributed by atoms with E-state index in [1.54, 1.807) is 16.4 Å². The van der Waals surface area contributed by atoms with Crippen molar-refractivity contribution < 1.29 is 13.2 Å². The quantitative estimate of drug-likeness (QED) is 0.794. The Hall–Kier alpha value is -2.02. The van der Waals surface area contributed by atoms with E-state index in [1.807, 2.05) is 56.4 Å². The molecule has 148 valence electrons. The average Bonchev–Trinajstić information content (AvgIpc) is 3.07. The summed E-state index contributed by atoms with van der Waals surface area (Å²) in [6, 6.07) is 16.6. The number of hydrogen-bond acceptors (Lipinski definition) is 4. The first kappa shape index (κ1) is 19.3. The topological polar surface area (TPSA) is 57.7 Å². The maximum absolute atomic E-state index is 13.5. The van der Waals surface area contributed by atoms with Crippen molar-refractivity contribution in [3.05, 3.63) is 65.7 Å². The van der Waals surface area contributed by atoms with Crippen molar-refractivity contribution in [1.29, 1.82) is 0 Å². The van der Waals surface area contributed by atoms with Gasteiger partial charge in [-0.25, -0.2) is 8.42 Å². The first-order valence-electron chi connectivity index (χ1n) is 9.73. The Labute approximate surface area is 167 Å². The Bertz CT molecular complexity index is 957. The lowest BCUT2D eigenvalue weighted by Crippen LogP contribution is -2.52. The number of piperidine rings is 1. The van der Waals surface area contributed by atoms with Gasteiger partial charge >= 0.3 is 0 Å². The summed E-state index contributed by atoms with van der Waals surface area (Å²) in [6.07, 6.45) is 1.10.